The molecule has 0 heterocycles. The minimum atomic E-state index is -1.00. The van der Waals surface area contributed by atoms with E-state index in [0.717, 1.165) is 25.0 Å². The molecule has 1 aromatic rings. The number of benzene rings is 1. The van der Waals surface area contributed by atoms with Crippen LogP contribution in [-0.2, 0) is 0 Å². The van der Waals surface area contributed by atoms with Gasteiger partial charge in [-0.05, 0) is 25.0 Å². The van der Waals surface area contributed by atoms with Gasteiger partial charge in [-0.15, -0.1) is 6.58 Å². The molecular formula is C13H15FN2O3. The maximum absolute atomic E-state index is 13.4. The van der Waals surface area contributed by atoms with Crippen molar-refractivity contribution in [3.8, 4) is 0 Å². The van der Waals surface area contributed by atoms with Crippen molar-refractivity contribution in [2.24, 2.45) is 0 Å². The molecule has 1 amide bonds. The Labute approximate surface area is 110 Å². The molecule has 0 N–H and O–H groups in total. The van der Waals surface area contributed by atoms with Crippen LogP contribution in [0.2, 0.25) is 0 Å². The van der Waals surface area contributed by atoms with Gasteiger partial charge in [-0.1, -0.05) is 6.08 Å². The van der Waals surface area contributed by atoms with Gasteiger partial charge in [0.05, 0.1) is 4.92 Å². The maximum atomic E-state index is 13.4. The normalized spacial score (nSPS) is 10.0. The summed E-state index contributed by atoms with van der Waals surface area (Å²) < 4.78 is 13.4. The summed E-state index contributed by atoms with van der Waals surface area (Å²) in [7, 11) is 1.60. The average Bonchev–Trinajstić information content (AvgIpc) is 2.37. The highest BCUT2D eigenvalue weighted by Gasteiger charge is 2.18. The topological polar surface area (TPSA) is 63.5 Å². The Hall–Kier alpha value is -2.24. The number of hydrogen-bond donors (Lipinski definition) is 0. The molecule has 0 aliphatic heterocycles. The number of nitro groups is 1. The van der Waals surface area contributed by atoms with E-state index in [1.165, 1.54) is 11.0 Å². The summed E-state index contributed by atoms with van der Waals surface area (Å²) in [5.41, 5.74) is -0.532. The van der Waals surface area contributed by atoms with Gasteiger partial charge in [0.25, 0.3) is 5.91 Å². The number of halogens is 1. The average molecular weight is 266 g/mol. The van der Waals surface area contributed by atoms with Crippen molar-refractivity contribution >= 4 is 11.6 Å². The van der Waals surface area contributed by atoms with E-state index < -0.39 is 16.4 Å². The van der Waals surface area contributed by atoms with Crippen LogP contribution < -0.4 is 0 Å². The predicted octanol–water partition coefficient (Wildman–Crippen LogP) is 2.77. The van der Waals surface area contributed by atoms with E-state index in [9.17, 15) is 19.3 Å². The Balaban J connectivity index is 2.80. The summed E-state index contributed by atoms with van der Waals surface area (Å²) in [6.07, 6.45) is 3.30. The first kappa shape index (κ1) is 14.8. The molecule has 0 radical (unpaired) electrons. The van der Waals surface area contributed by atoms with E-state index in [-0.39, 0.29) is 11.5 Å². The lowest BCUT2D eigenvalue weighted by Gasteiger charge is -2.16. The monoisotopic (exact) mass is 266 g/mol. The zero-order chi connectivity index (χ0) is 14.4. The molecule has 102 valence electrons. The summed E-state index contributed by atoms with van der Waals surface area (Å²) in [5, 5.41) is 10.5. The largest absolute Gasteiger partial charge is 0.342 e. The van der Waals surface area contributed by atoms with Crippen molar-refractivity contribution in [2.75, 3.05) is 13.6 Å². The molecule has 5 nitrogen and oxygen atoms in total. The molecule has 0 saturated heterocycles. The molecule has 0 unspecified atom stereocenters. The van der Waals surface area contributed by atoms with Gasteiger partial charge in [0, 0.05) is 25.2 Å². The van der Waals surface area contributed by atoms with Crippen LogP contribution in [0.5, 0.6) is 0 Å². The molecule has 0 fully saturated rings. The van der Waals surface area contributed by atoms with Crippen LogP contribution in [0.25, 0.3) is 0 Å². The van der Waals surface area contributed by atoms with E-state index in [1.807, 2.05) is 0 Å². The van der Waals surface area contributed by atoms with Gasteiger partial charge in [-0.25, -0.2) is 0 Å². The van der Waals surface area contributed by atoms with Gasteiger partial charge in [0.15, 0.2) is 0 Å². The van der Waals surface area contributed by atoms with Crippen LogP contribution in [0.15, 0.2) is 30.9 Å². The first-order valence-electron chi connectivity index (χ1n) is 5.77. The summed E-state index contributed by atoms with van der Waals surface area (Å²) in [5.74, 6) is -1.37. The van der Waals surface area contributed by atoms with E-state index >= 15 is 0 Å². The van der Waals surface area contributed by atoms with Gasteiger partial charge in [-0.3, -0.25) is 14.9 Å². The standard InChI is InChI=1S/C13H15FN2O3/c1-3-4-5-8-15(2)13(17)10-6-7-12(16(18)19)11(14)9-10/h3,6-7,9H,1,4-5,8H2,2H3. The van der Waals surface area contributed by atoms with Crippen molar-refractivity contribution in [1.29, 1.82) is 0 Å². The second-order valence-corrected chi connectivity index (χ2v) is 4.08. The van der Waals surface area contributed by atoms with Crippen molar-refractivity contribution in [3.63, 3.8) is 0 Å². The third-order valence-electron chi connectivity index (χ3n) is 2.64. The SMILES string of the molecule is C=CCCCN(C)C(=O)c1ccc([N+](=O)[O-])c(F)c1. The Bertz CT molecular complexity index is 503. The third kappa shape index (κ3) is 3.87. The van der Waals surface area contributed by atoms with Crippen LogP contribution in [0.4, 0.5) is 10.1 Å². The van der Waals surface area contributed by atoms with E-state index in [2.05, 4.69) is 6.58 Å². The molecule has 6 heteroatoms. The van der Waals surface area contributed by atoms with Gasteiger partial charge >= 0.3 is 5.69 Å². The van der Waals surface area contributed by atoms with Crippen LogP contribution >= 0.6 is 0 Å². The highest BCUT2D eigenvalue weighted by molar-refractivity contribution is 5.94. The molecule has 1 rings (SSSR count). The summed E-state index contributed by atoms with van der Waals surface area (Å²) in [4.78, 5) is 23.0. The van der Waals surface area contributed by atoms with Crippen LogP contribution in [0.3, 0.4) is 0 Å². The van der Waals surface area contributed by atoms with Crippen LogP contribution in [0, 0.1) is 15.9 Å². The minimum absolute atomic E-state index is 0.101. The van der Waals surface area contributed by atoms with Gasteiger partial charge < -0.3 is 4.90 Å². The van der Waals surface area contributed by atoms with Gasteiger partial charge in [-0.2, -0.15) is 4.39 Å². The molecule has 0 aromatic heterocycles. The zero-order valence-corrected chi connectivity index (χ0v) is 10.6. The molecule has 0 bridgehead atoms. The quantitative estimate of drug-likeness (QED) is 0.344. The molecule has 0 aliphatic carbocycles. The number of amides is 1. The van der Waals surface area contributed by atoms with Crippen LogP contribution in [-0.4, -0.2) is 29.3 Å². The number of hydrogen-bond acceptors (Lipinski definition) is 3. The second kappa shape index (κ2) is 6.63. The second-order valence-electron chi connectivity index (χ2n) is 4.08. The Kier molecular flexibility index (Phi) is 5.17. The lowest BCUT2D eigenvalue weighted by Crippen LogP contribution is -2.27. The number of allylic oxidation sites excluding steroid dienone is 1. The summed E-state index contributed by atoms with van der Waals surface area (Å²) in [6, 6.07) is 3.15. The Morgan fingerprint density at radius 1 is 1.58 bits per heavy atom. The minimum Gasteiger partial charge on any atom is -0.342 e. The van der Waals surface area contributed by atoms with Crippen molar-refractivity contribution in [3.05, 3.63) is 52.3 Å². The molecular weight excluding hydrogens is 251 g/mol. The number of nitro benzene ring substituents is 1. The highest BCUT2D eigenvalue weighted by atomic mass is 19.1. The van der Waals surface area contributed by atoms with Crippen molar-refractivity contribution in [1.82, 2.24) is 4.90 Å². The lowest BCUT2D eigenvalue weighted by atomic mass is 10.1. The van der Waals surface area contributed by atoms with E-state index in [1.54, 1.807) is 13.1 Å². The molecule has 19 heavy (non-hydrogen) atoms. The first-order chi connectivity index (χ1) is 8.97. The third-order valence-corrected chi connectivity index (χ3v) is 2.64. The first-order valence-corrected chi connectivity index (χ1v) is 5.77. The zero-order valence-electron chi connectivity index (χ0n) is 10.6. The number of unbranched alkanes of at least 4 members (excludes halogenated alkanes) is 1. The maximum Gasteiger partial charge on any atom is 0.304 e. The molecule has 0 aliphatic rings. The molecule has 0 atom stereocenters. The van der Waals surface area contributed by atoms with Gasteiger partial charge in [0.1, 0.15) is 0 Å². The number of carbonyl (C=O) groups is 1. The molecule has 0 spiro atoms. The van der Waals surface area contributed by atoms with Crippen molar-refractivity contribution < 1.29 is 14.1 Å². The number of rotatable bonds is 6. The fourth-order valence-electron chi connectivity index (χ4n) is 1.58. The van der Waals surface area contributed by atoms with Crippen LogP contribution in [0.1, 0.15) is 23.2 Å². The Morgan fingerprint density at radius 2 is 2.26 bits per heavy atom. The molecule has 1 aromatic carbocycles. The predicted molar refractivity (Wildman–Crippen MR) is 69.4 cm³/mol. The van der Waals surface area contributed by atoms with Gasteiger partial charge in [0.2, 0.25) is 5.82 Å². The summed E-state index contributed by atoms with van der Waals surface area (Å²) >= 11 is 0. The van der Waals surface area contributed by atoms with E-state index in [4.69, 9.17) is 0 Å². The fourth-order valence-corrected chi connectivity index (χ4v) is 1.58. The van der Waals surface area contributed by atoms with E-state index in [0.29, 0.717) is 6.54 Å². The number of nitrogens with zero attached hydrogens (tertiary/aromatic N) is 2. The lowest BCUT2D eigenvalue weighted by molar-refractivity contribution is -0.387. The smallest absolute Gasteiger partial charge is 0.304 e. The summed E-state index contributed by atoms with van der Waals surface area (Å²) in [6.45, 7) is 4.10. The highest BCUT2D eigenvalue weighted by Crippen LogP contribution is 2.18. The molecule has 0 saturated carbocycles. The fraction of sp³-hybridized carbons (Fsp3) is 0.308. The van der Waals surface area contributed by atoms with Crippen molar-refractivity contribution in [2.45, 2.75) is 12.8 Å². The number of carbonyl (C=O) groups excluding carboxylic acids is 1. The Morgan fingerprint density at radius 3 is 2.79 bits per heavy atom.